The zero-order valence-corrected chi connectivity index (χ0v) is 17.9. The average molecular weight is 391 g/mol. The third-order valence-electron chi connectivity index (χ3n) is 4.52. The van der Waals surface area contributed by atoms with Crippen molar-refractivity contribution in [1.82, 2.24) is 19.9 Å². The maximum absolute atomic E-state index is 4.65. The van der Waals surface area contributed by atoms with Gasteiger partial charge in [0.1, 0.15) is 5.82 Å². The molecule has 6 nitrogen and oxygen atoms in total. The van der Waals surface area contributed by atoms with E-state index in [2.05, 4.69) is 75.5 Å². The van der Waals surface area contributed by atoms with E-state index < -0.39 is 0 Å². The number of hydrogen-bond donors (Lipinski definition) is 2. The summed E-state index contributed by atoms with van der Waals surface area (Å²) in [6.45, 7) is 8.30. The van der Waals surface area contributed by atoms with Crippen LogP contribution in [-0.2, 0) is 5.41 Å². The third kappa shape index (κ3) is 5.99. The largest absolute Gasteiger partial charge is 0.353 e. The number of nitrogens with zero attached hydrogens (tertiary/aromatic N) is 4. The highest BCUT2D eigenvalue weighted by molar-refractivity contribution is 5.65. The molecule has 3 aromatic rings. The van der Waals surface area contributed by atoms with Crippen LogP contribution in [0, 0.1) is 0 Å². The molecule has 0 atom stereocenters. The van der Waals surface area contributed by atoms with E-state index in [1.807, 2.05) is 38.4 Å². The predicted molar refractivity (Wildman–Crippen MR) is 121 cm³/mol. The van der Waals surface area contributed by atoms with Gasteiger partial charge in [-0.2, -0.15) is 4.98 Å². The Morgan fingerprint density at radius 3 is 2.31 bits per heavy atom. The van der Waals surface area contributed by atoms with Crippen molar-refractivity contribution in [2.75, 3.05) is 37.8 Å². The Hall–Kier alpha value is -2.99. The van der Waals surface area contributed by atoms with Gasteiger partial charge in [0.05, 0.1) is 11.4 Å². The molecule has 0 spiro atoms. The summed E-state index contributed by atoms with van der Waals surface area (Å²) in [5.74, 6) is 1.32. The Kier molecular flexibility index (Phi) is 6.44. The van der Waals surface area contributed by atoms with Gasteiger partial charge in [0, 0.05) is 31.0 Å². The van der Waals surface area contributed by atoms with Gasteiger partial charge in [-0.15, -0.1) is 0 Å². The molecule has 29 heavy (non-hydrogen) atoms. The molecule has 0 amide bonds. The van der Waals surface area contributed by atoms with Gasteiger partial charge in [0.2, 0.25) is 5.95 Å². The SMILES string of the molecule is CN(C)CCNc1nc(Nc2ccc(C(C)(C)C)cc2)cc(-c2ccccn2)n1. The number of benzene rings is 1. The van der Waals surface area contributed by atoms with E-state index in [0.717, 1.165) is 36.0 Å². The lowest BCUT2D eigenvalue weighted by atomic mass is 9.87. The van der Waals surface area contributed by atoms with Gasteiger partial charge in [-0.25, -0.2) is 4.98 Å². The lowest BCUT2D eigenvalue weighted by Crippen LogP contribution is -2.21. The van der Waals surface area contributed by atoms with E-state index in [1.54, 1.807) is 6.20 Å². The Morgan fingerprint density at radius 1 is 0.931 bits per heavy atom. The average Bonchev–Trinajstić information content (AvgIpc) is 2.68. The lowest BCUT2D eigenvalue weighted by Gasteiger charge is -2.19. The normalized spacial score (nSPS) is 11.5. The molecule has 0 unspecified atom stereocenters. The highest BCUT2D eigenvalue weighted by Crippen LogP contribution is 2.26. The number of hydrogen-bond acceptors (Lipinski definition) is 6. The molecule has 6 heteroatoms. The van der Waals surface area contributed by atoms with Gasteiger partial charge in [-0.1, -0.05) is 39.0 Å². The Labute approximate surface area is 173 Å². The van der Waals surface area contributed by atoms with Gasteiger partial charge in [-0.05, 0) is 49.3 Å². The molecular weight excluding hydrogens is 360 g/mol. The summed E-state index contributed by atoms with van der Waals surface area (Å²) in [6, 6.07) is 16.2. The van der Waals surface area contributed by atoms with Crippen LogP contribution in [0.15, 0.2) is 54.7 Å². The fourth-order valence-electron chi connectivity index (χ4n) is 2.83. The second-order valence-corrected chi connectivity index (χ2v) is 8.36. The maximum Gasteiger partial charge on any atom is 0.225 e. The first-order chi connectivity index (χ1) is 13.8. The quantitative estimate of drug-likeness (QED) is 0.617. The van der Waals surface area contributed by atoms with E-state index in [9.17, 15) is 0 Å². The van der Waals surface area contributed by atoms with Crippen LogP contribution in [0.1, 0.15) is 26.3 Å². The van der Waals surface area contributed by atoms with Crippen molar-refractivity contribution in [2.24, 2.45) is 0 Å². The zero-order chi connectivity index (χ0) is 20.9. The highest BCUT2D eigenvalue weighted by atomic mass is 15.2. The van der Waals surface area contributed by atoms with Crippen LogP contribution in [0.4, 0.5) is 17.5 Å². The van der Waals surface area contributed by atoms with E-state index in [-0.39, 0.29) is 5.41 Å². The van der Waals surface area contributed by atoms with Crippen molar-refractivity contribution >= 4 is 17.5 Å². The number of likely N-dealkylation sites (N-methyl/N-ethyl adjacent to an activating group) is 1. The molecular formula is C23H30N6. The summed E-state index contributed by atoms with van der Waals surface area (Å²) in [5, 5.41) is 6.71. The summed E-state index contributed by atoms with van der Waals surface area (Å²) in [5.41, 5.74) is 4.01. The van der Waals surface area contributed by atoms with Crippen molar-refractivity contribution in [2.45, 2.75) is 26.2 Å². The number of rotatable bonds is 7. The van der Waals surface area contributed by atoms with Crippen molar-refractivity contribution in [3.05, 3.63) is 60.3 Å². The summed E-state index contributed by atoms with van der Waals surface area (Å²) >= 11 is 0. The van der Waals surface area contributed by atoms with E-state index in [4.69, 9.17) is 0 Å². The molecule has 0 saturated heterocycles. The van der Waals surface area contributed by atoms with E-state index in [1.165, 1.54) is 5.56 Å². The van der Waals surface area contributed by atoms with Crippen molar-refractivity contribution < 1.29 is 0 Å². The summed E-state index contributed by atoms with van der Waals surface area (Å²) in [7, 11) is 4.09. The van der Waals surface area contributed by atoms with E-state index in [0.29, 0.717) is 5.95 Å². The van der Waals surface area contributed by atoms with Crippen LogP contribution < -0.4 is 10.6 Å². The van der Waals surface area contributed by atoms with Crippen molar-refractivity contribution in [3.8, 4) is 11.4 Å². The molecule has 3 rings (SSSR count). The minimum Gasteiger partial charge on any atom is -0.353 e. The van der Waals surface area contributed by atoms with Gasteiger partial charge in [-0.3, -0.25) is 4.98 Å². The highest BCUT2D eigenvalue weighted by Gasteiger charge is 2.13. The molecule has 0 aliphatic heterocycles. The van der Waals surface area contributed by atoms with Crippen LogP contribution in [0.2, 0.25) is 0 Å². The molecule has 2 N–H and O–H groups in total. The van der Waals surface area contributed by atoms with Crippen LogP contribution in [0.3, 0.4) is 0 Å². The van der Waals surface area contributed by atoms with Crippen LogP contribution >= 0.6 is 0 Å². The fourth-order valence-corrected chi connectivity index (χ4v) is 2.83. The Bertz CT molecular complexity index is 914. The van der Waals surface area contributed by atoms with Crippen LogP contribution in [0.25, 0.3) is 11.4 Å². The predicted octanol–water partition coefficient (Wildman–Crippen LogP) is 4.55. The molecule has 0 saturated carbocycles. The van der Waals surface area contributed by atoms with Gasteiger partial charge in [0.15, 0.2) is 0 Å². The minimum atomic E-state index is 0.128. The second kappa shape index (κ2) is 9.01. The molecule has 0 fully saturated rings. The standard InChI is InChI=1S/C23H30N6/c1-23(2,3)17-9-11-18(12-10-17)26-21-16-20(19-8-6-7-13-24-19)27-22(28-21)25-14-15-29(4)5/h6-13,16H,14-15H2,1-5H3,(H2,25,26,27,28). The van der Waals surface area contributed by atoms with Crippen LogP contribution in [0.5, 0.6) is 0 Å². The first-order valence-corrected chi connectivity index (χ1v) is 9.88. The monoisotopic (exact) mass is 390 g/mol. The molecule has 2 aromatic heterocycles. The lowest BCUT2D eigenvalue weighted by molar-refractivity contribution is 0.425. The molecule has 2 heterocycles. The fraction of sp³-hybridized carbons (Fsp3) is 0.348. The summed E-state index contributed by atoms with van der Waals surface area (Å²) < 4.78 is 0. The summed E-state index contributed by atoms with van der Waals surface area (Å²) in [6.07, 6.45) is 1.77. The topological polar surface area (TPSA) is 66.0 Å². The molecule has 0 bridgehead atoms. The molecule has 0 aliphatic rings. The summed E-state index contributed by atoms with van der Waals surface area (Å²) in [4.78, 5) is 15.8. The Balaban J connectivity index is 1.86. The van der Waals surface area contributed by atoms with E-state index >= 15 is 0 Å². The number of aromatic nitrogens is 3. The van der Waals surface area contributed by atoms with Gasteiger partial charge < -0.3 is 15.5 Å². The minimum absolute atomic E-state index is 0.128. The third-order valence-corrected chi connectivity index (χ3v) is 4.52. The smallest absolute Gasteiger partial charge is 0.225 e. The number of nitrogens with one attached hydrogen (secondary N) is 2. The molecule has 0 radical (unpaired) electrons. The van der Waals surface area contributed by atoms with Crippen LogP contribution in [-0.4, -0.2) is 47.0 Å². The Morgan fingerprint density at radius 2 is 1.69 bits per heavy atom. The zero-order valence-electron chi connectivity index (χ0n) is 17.9. The molecule has 1 aromatic carbocycles. The number of anilines is 3. The number of pyridine rings is 1. The van der Waals surface area contributed by atoms with Gasteiger partial charge >= 0.3 is 0 Å². The maximum atomic E-state index is 4.65. The van der Waals surface area contributed by atoms with Crippen molar-refractivity contribution in [3.63, 3.8) is 0 Å². The molecule has 152 valence electrons. The first-order valence-electron chi connectivity index (χ1n) is 9.88. The first kappa shape index (κ1) is 20.7. The van der Waals surface area contributed by atoms with Gasteiger partial charge in [0.25, 0.3) is 0 Å². The second-order valence-electron chi connectivity index (χ2n) is 8.36. The van der Waals surface area contributed by atoms with Crippen molar-refractivity contribution in [1.29, 1.82) is 0 Å². The molecule has 0 aliphatic carbocycles.